The Morgan fingerprint density at radius 1 is 1.43 bits per heavy atom. The van der Waals surface area contributed by atoms with Crippen LogP contribution in [-0.4, -0.2) is 12.4 Å². The van der Waals surface area contributed by atoms with E-state index in [0.29, 0.717) is 12.2 Å². The smallest absolute Gasteiger partial charge is 0.123 e. The fraction of sp³-hybridized carbons (Fsp3) is 0.364. The van der Waals surface area contributed by atoms with Crippen LogP contribution in [0.25, 0.3) is 0 Å². The van der Waals surface area contributed by atoms with E-state index >= 15 is 0 Å². The lowest BCUT2D eigenvalue weighted by Gasteiger charge is -2.14. The lowest BCUT2D eigenvalue weighted by atomic mass is 10.2. The maximum absolute atomic E-state index is 12.5. The summed E-state index contributed by atoms with van der Waals surface area (Å²) in [4.78, 5) is 10.3. The average molecular weight is 196 g/mol. The van der Waals surface area contributed by atoms with Crippen LogP contribution < -0.4 is 4.74 Å². The molecule has 1 aromatic rings. The van der Waals surface area contributed by atoms with Gasteiger partial charge in [-0.2, -0.15) is 0 Å². The molecule has 76 valence electrons. The molecule has 0 aliphatic rings. The molecule has 1 aromatic carbocycles. The third-order valence-corrected chi connectivity index (χ3v) is 1.93. The highest BCUT2D eigenvalue weighted by Gasteiger charge is 2.06. The largest absolute Gasteiger partial charge is 0.490 e. The molecule has 0 aliphatic heterocycles. The summed E-state index contributed by atoms with van der Waals surface area (Å²) in [6.45, 7) is 1.94. The van der Waals surface area contributed by atoms with Gasteiger partial charge in [-0.15, -0.1) is 0 Å². The molecule has 0 saturated carbocycles. The normalized spacial score (nSPS) is 12.1. The first-order valence-corrected chi connectivity index (χ1v) is 4.62. The molecule has 1 atom stereocenters. The van der Waals surface area contributed by atoms with Gasteiger partial charge in [-0.25, -0.2) is 4.39 Å². The molecule has 0 bridgehead atoms. The maximum atomic E-state index is 12.5. The van der Waals surface area contributed by atoms with Gasteiger partial charge < -0.3 is 9.53 Å². The molecule has 3 heteroatoms. The van der Waals surface area contributed by atoms with Gasteiger partial charge in [-0.05, 0) is 30.7 Å². The van der Waals surface area contributed by atoms with E-state index in [1.165, 1.54) is 12.1 Å². The molecule has 1 rings (SSSR count). The maximum Gasteiger partial charge on any atom is 0.123 e. The summed E-state index contributed by atoms with van der Waals surface area (Å²) in [5, 5.41) is 0. The lowest BCUT2D eigenvalue weighted by molar-refractivity contribution is -0.109. The number of ether oxygens (including phenoxy) is 1. The zero-order chi connectivity index (χ0) is 10.4. The van der Waals surface area contributed by atoms with Crippen molar-refractivity contribution >= 4 is 6.29 Å². The van der Waals surface area contributed by atoms with Crippen LogP contribution in [0.4, 0.5) is 4.39 Å². The zero-order valence-electron chi connectivity index (χ0n) is 8.07. The van der Waals surface area contributed by atoms with Crippen molar-refractivity contribution in [1.82, 2.24) is 0 Å². The monoisotopic (exact) mass is 196 g/mol. The second kappa shape index (κ2) is 5.37. The highest BCUT2D eigenvalue weighted by Crippen LogP contribution is 2.15. The molecule has 0 N–H and O–H groups in total. The Balaban J connectivity index is 2.57. The summed E-state index contributed by atoms with van der Waals surface area (Å²) in [5.74, 6) is 0.306. The molecule has 0 fully saturated rings. The first-order chi connectivity index (χ1) is 6.76. The van der Waals surface area contributed by atoms with E-state index in [0.717, 1.165) is 12.7 Å². The van der Waals surface area contributed by atoms with E-state index in [2.05, 4.69) is 0 Å². The number of carbonyl (C=O) groups excluding carboxylic acids is 1. The van der Waals surface area contributed by atoms with E-state index in [4.69, 9.17) is 4.74 Å². The van der Waals surface area contributed by atoms with Crippen LogP contribution in [0.5, 0.6) is 5.75 Å². The summed E-state index contributed by atoms with van der Waals surface area (Å²) in [7, 11) is 0. The quantitative estimate of drug-likeness (QED) is 0.676. The Morgan fingerprint density at radius 2 is 2.07 bits per heavy atom. The van der Waals surface area contributed by atoms with E-state index < -0.39 is 0 Å². The summed E-state index contributed by atoms with van der Waals surface area (Å²) in [6.07, 6.45) is 1.85. The van der Waals surface area contributed by atoms with Crippen molar-refractivity contribution in [3.05, 3.63) is 30.1 Å². The molecule has 0 amide bonds. The first kappa shape index (κ1) is 10.7. The number of benzene rings is 1. The first-order valence-electron chi connectivity index (χ1n) is 4.62. The predicted molar refractivity (Wildman–Crippen MR) is 51.8 cm³/mol. The summed E-state index contributed by atoms with van der Waals surface area (Å²) in [6, 6.07) is 5.79. The number of aldehydes is 1. The standard InChI is InChI=1S/C11H13FO2/c1-2-10(7-8-13)14-11-5-3-9(12)4-6-11/h3-6,8,10H,2,7H2,1H3/t10-/m0/s1. The molecule has 0 heterocycles. The molecule has 0 radical (unpaired) electrons. The molecule has 0 unspecified atom stereocenters. The summed E-state index contributed by atoms with van der Waals surface area (Å²) in [5.41, 5.74) is 0. The molecule has 0 spiro atoms. The van der Waals surface area contributed by atoms with Crippen LogP contribution in [0.2, 0.25) is 0 Å². The van der Waals surface area contributed by atoms with Crippen LogP contribution >= 0.6 is 0 Å². The fourth-order valence-electron chi connectivity index (χ4n) is 1.11. The van der Waals surface area contributed by atoms with Crippen LogP contribution in [0.15, 0.2) is 24.3 Å². The highest BCUT2D eigenvalue weighted by molar-refractivity contribution is 5.50. The van der Waals surface area contributed by atoms with Gasteiger partial charge in [0.2, 0.25) is 0 Å². The summed E-state index contributed by atoms with van der Waals surface area (Å²) < 4.78 is 18.0. The Labute approximate surface area is 82.7 Å². The third-order valence-electron chi connectivity index (χ3n) is 1.93. The lowest BCUT2D eigenvalue weighted by Crippen LogP contribution is -2.15. The predicted octanol–water partition coefficient (Wildman–Crippen LogP) is 2.57. The van der Waals surface area contributed by atoms with Gasteiger partial charge in [-0.1, -0.05) is 6.92 Å². The molecular weight excluding hydrogens is 183 g/mol. The molecule has 2 nitrogen and oxygen atoms in total. The molecule has 0 aliphatic carbocycles. The van der Waals surface area contributed by atoms with E-state index in [1.54, 1.807) is 12.1 Å². The van der Waals surface area contributed by atoms with Gasteiger partial charge in [0.25, 0.3) is 0 Å². The van der Waals surface area contributed by atoms with Crippen molar-refractivity contribution in [2.45, 2.75) is 25.9 Å². The molecular formula is C11H13FO2. The number of rotatable bonds is 5. The number of carbonyl (C=O) groups is 1. The highest BCUT2D eigenvalue weighted by atomic mass is 19.1. The van der Waals surface area contributed by atoms with E-state index in [-0.39, 0.29) is 11.9 Å². The van der Waals surface area contributed by atoms with Gasteiger partial charge in [0, 0.05) is 6.42 Å². The minimum Gasteiger partial charge on any atom is -0.490 e. The Hall–Kier alpha value is -1.38. The van der Waals surface area contributed by atoms with Crippen molar-refractivity contribution < 1.29 is 13.9 Å². The SMILES string of the molecule is CC[C@@H](CC=O)Oc1ccc(F)cc1. The average Bonchev–Trinajstić information content (AvgIpc) is 2.20. The number of halogens is 1. The van der Waals surface area contributed by atoms with Gasteiger partial charge in [0.15, 0.2) is 0 Å². The third kappa shape index (κ3) is 3.17. The second-order valence-corrected chi connectivity index (χ2v) is 3.00. The van der Waals surface area contributed by atoms with Crippen molar-refractivity contribution in [3.63, 3.8) is 0 Å². The zero-order valence-corrected chi connectivity index (χ0v) is 8.07. The van der Waals surface area contributed by atoms with Crippen LogP contribution in [0.3, 0.4) is 0 Å². The number of hydrogen-bond donors (Lipinski definition) is 0. The van der Waals surface area contributed by atoms with E-state index in [9.17, 15) is 9.18 Å². The minimum atomic E-state index is -0.291. The Morgan fingerprint density at radius 3 is 2.57 bits per heavy atom. The van der Waals surface area contributed by atoms with Crippen LogP contribution in [0.1, 0.15) is 19.8 Å². The van der Waals surface area contributed by atoms with Gasteiger partial charge in [0.1, 0.15) is 24.0 Å². The van der Waals surface area contributed by atoms with Gasteiger partial charge >= 0.3 is 0 Å². The molecule has 14 heavy (non-hydrogen) atoms. The van der Waals surface area contributed by atoms with Crippen molar-refractivity contribution in [2.75, 3.05) is 0 Å². The summed E-state index contributed by atoms with van der Waals surface area (Å²) >= 11 is 0. The Kier molecular flexibility index (Phi) is 4.11. The number of hydrogen-bond acceptors (Lipinski definition) is 2. The van der Waals surface area contributed by atoms with Crippen molar-refractivity contribution in [3.8, 4) is 5.75 Å². The topological polar surface area (TPSA) is 26.3 Å². The Bertz CT molecular complexity index is 282. The molecule has 0 saturated heterocycles. The fourth-order valence-corrected chi connectivity index (χ4v) is 1.11. The van der Waals surface area contributed by atoms with Crippen LogP contribution in [0, 0.1) is 5.82 Å². The van der Waals surface area contributed by atoms with Gasteiger partial charge in [0.05, 0.1) is 0 Å². The van der Waals surface area contributed by atoms with E-state index in [1.807, 2.05) is 6.92 Å². The van der Waals surface area contributed by atoms with Crippen molar-refractivity contribution in [2.24, 2.45) is 0 Å². The van der Waals surface area contributed by atoms with Crippen LogP contribution in [-0.2, 0) is 4.79 Å². The van der Waals surface area contributed by atoms with Gasteiger partial charge in [-0.3, -0.25) is 0 Å². The minimum absolute atomic E-state index is 0.113. The molecule has 0 aromatic heterocycles. The second-order valence-electron chi connectivity index (χ2n) is 3.00. The van der Waals surface area contributed by atoms with Crippen molar-refractivity contribution in [1.29, 1.82) is 0 Å².